The van der Waals surface area contributed by atoms with Gasteiger partial charge in [-0.05, 0) is 69.3 Å². The lowest BCUT2D eigenvalue weighted by molar-refractivity contribution is -0.123. The Balaban J connectivity index is 0.00000243. The van der Waals surface area contributed by atoms with Crippen molar-refractivity contribution in [1.82, 2.24) is 15.5 Å². The van der Waals surface area contributed by atoms with E-state index in [0.29, 0.717) is 12.5 Å². The zero-order valence-electron chi connectivity index (χ0n) is 15.7. The van der Waals surface area contributed by atoms with Crippen LogP contribution < -0.4 is 15.4 Å². The molecule has 2 aliphatic rings. The summed E-state index contributed by atoms with van der Waals surface area (Å²) in [6.45, 7) is 7.69. The fourth-order valence-corrected chi connectivity index (χ4v) is 3.80. The third-order valence-electron chi connectivity index (χ3n) is 5.21. The summed E-state index contributed by atoms with van der Waals surface area (Å²) in [5.41, 5.74) is 1.23. The normalized spacial score (nSPS) is 23.3. The topological polar surface area (TPSA) is 53.6 Å². The SMILES string of the molecule is Cc1cccc(OCCN2CCCC(CNC(=O)C3CCCN3)C2)c1.Cl. The molecule has 6 heteroatoms. The van der Waals surface area contributed by atoms with Gasteiger partial charge in [0.05, 0.1) is 6.04 Å². The number of carbonyl (C=O) groups is 1. The Morgan fingerprint density at radius 1 is 1.35 bits per heavy atom. The molecule has 0 saturated carbocycles. The molecule has 2 N–H and O–H groups in total. The predicted molar refractivity (Wildman–Crippen MR) is 107 cm³/mol. The Hall–Kier alpha value is -1.30. The summed E-state index contributed by atoms with van der Waals surface area (Å²) < 4.78 is 5.87. The zero-order valence-corrected chi connectivity index (χ0v) is 16.5. The van der Waals surface area contributed by atoms with Gasteiger partial charge in [-0.15, -0.1) is 12.4 Å². The Morgan fingerprint density at radius 2 is 2.23 bits per heavy atom. The molecule has 2 unspecified atom stereocenters. The molecular weight excluding hydrogens is 350 g/mol. The van der Waals surface area contributed by atoms with Crippen molar-refractivity contribution in [3.63, 3.8) is 0 Å². The van der Waals surface area contributed by atoms with Crippen LogP contribution in [0.1, 0.15) is 31.2 Å². The second-order valence-electron chi connectivity index (χ2n) is 7.37. The number of hydrogen-bond donors (Lipinski definition) is 2. The van der Waals surface area contributed by atoms with Crippen molar-refractivity contribution in [2.24, 2.45) is 5.92 Å². The number of nitrogens with zero attached hydrogens (tertiary/aromatic N) is 1. The van der Waals surface area contributed by atoms with Crippen LogP contribution in [0.4, 0.5) is 0 Å². The third-order valence-corrected chi connectivity index (χ3v) is 5.21. The van der Waals surface area contributed by atoms with Crippen LogP contribution >= 0.6 is 12.4 Å². The van der Waals surface area contributed by atoms with E-state index < -0.39 is 0 Å². The van der Waals surface area contributed by atoms with E-state index in [0.717, 1.165) is 51.3 Å². The van der Waals surface area contributed by atoms with Gasteiger partial charge in [0.25, 0.3) is 0 Å². The van der Waals surface area contributed by atoms with Gasteiger partial charge in [0.2, 0.25) is 5.91 Å². The number of nitrogens with one attached hydrogen (secondary N) is 2. The van der Waals surface area contributed by atoms with Crippen molar-refractivity contribution < 1.29 is 9.53 Å². The van der Waals surface area contributed by atoms with Crippen molar-refractivity contribution >= 4 is 18.3 Å². The summed E-state index contributed by atoms with van der Waals surface area (Å²) in [6, 6.07) is 8.23. The quantitative estimate of drug-likeness (QED) is 0.761. The van der Waals surface area contributed by atoms with Crippen LogP contribution in [0, 0.1) is 12.8 Å². The number of piperidine rings is 1. The van der Waals surface area contributed by atoms with E-state index in [2.05, 4.69) is 34.6 Å². The Morgan fingerprint density at radius 3 is 3.00 bits per heavy atom. The third kappa shape index (κ3) is 6.45. The highest BCUT2D eigenvalue weighted by molar-refractivity contribution is 5.85. The van der Waals surface area contributed by atoms with Crippen LogP contribution in [0.3, 0.4) is 0 Å². The van der Waals surface area contributed by atoms with E-state index in [1.165, 1.54) is 18.4 Å². The first-order valence-electron chi connectivity index (χ1n) is 9.63. The summed E-state index contributed by atoms with van der Waals surface area (Å²) in [6.07, 6.45) is 4.48. The molecule has 26 heavy (non-hydrogen) atoms. The molecule has 2 heterocycles. The molecule has 3 rings (SSSR count). The van der Waals surface area contributed by atoms with Gasteiger partial charge in [-0.1, -0.05) is 12.1 Å². The lowest BCUT2D eigenvalue weighted by Gasteiger charge is -2.32. The first-order valence-corrected chi connectivity index (χ1v) is 9.63. The maximum atomic E-state index is 12.1. The van der Waals surface area contributed by atoms with Crippen molar-refractivity contribution in [1.29, 1.82) is 0 Å². The zero-order chi connectivity index (χ0) is 17.5. The smallest absolute Gasteiger partial charge is 0.237 e. The van der Waals surface area contributed by atoms with E-state index in [4.69, 9.17) is 4.74 Å². The fraction of sp³-hybridized carbons (Fsp3) is 0.650. The molecule has 0 aliphatic carbocycles. The standard InChI is InChI=1S/C20H31N3O2.ClH/c1-16-5-2-7-18(13-16)25-12-11-23-10-4-6-17(15-23)14-22-20(24)19-8-3-9-21-19;/h2,5,7,13,17,19,21H,3-4,6,8-12,14-15H2,1H3,(H,22,24);1H. The van der Waals surface area contributed by atoms with Crippen LogP contribution in [0.15, 0.2) is 24.3 Å². The number of benzene rings is 1. The molecule has 2 atom stereocenters. The number of ether oxygens (including phenoxy) is 1. The largest absolute Gasteiger partial charge is 0.492 e. The van der Waals surface area contributed by atoms with Gasteiger partial charge < -0.3 is 15.4 Å². The minimum Gasteiger partial charge on any atom is -0.492 e. The molecule has 2 saturated heterocycles. The van der Waals surface area contributed by atoms with Crippen LogP contribution in [0.5, 0.6) is 5.75 Å². The minimum absolute atomic E-state index is 0. The van der Waals surface area contributed by atoms with Gasteiger partial charge in [0.15, 0.2) is 0 Å². The van der Waals surface area contributed by atoms with Crippen molar-refractivity contribution in [2.75, 3.05) is 39.3 Å². The van der Waals surface area contributed by atoms with Gasteiger partial charge in [-0.3, -0.25) is 9.69 Å². The summed E-state index contributed by atoms with van der Waals surface area (Å²) in [4.78, 5) is 14.6. The maximum absolute atomic E-state index is 12.1. The molecule has 0 aromatic heterocycles. The second-order valence-corrected chi connectivity index (χ2v) is 7.37. The van der Waals surface area contributed by atoms with E-state index in [1.807, 2.05) is 12.1 Å². The fourth-order valence-electron chi connectivity index (χ4n) is 3.80. The summed E-state index contributed by atoms with van der Waals surface area (Å²) in [5, 5.41) is 6.40. The number of amides is 1. The van der Waals surface area contributed by atoms with E-state index in [1.54, 1.807) is 0 Å². The number of carbonyl (C=O) groups excluding carboxylic acids is 1. The summed E-state index contributed by atoms with van der Waals surface area (Å²) in [7, 11) is 0. The molecule has 0 spiro atoms. The molecule has 1 aromatic rings. The van der Waals surface area contributed by atoms with Crippen LogP contribution in [-0.2, 0) is 4.79 Å². The molecule has 0 radical (unpaired) electrons. The Kier molecular flexibility index (Phi) is 8.69. The highest BCUT2D eigenvalue weighted by atomic mass is 35.5. The second kappa shape index (κ2) is 10.8. The van der Waals surface area contributed by atoms with Crippen molar-refractivity contribution in [3.05, 3.63) is 29.8 Å². The maximum Gasteiger partial charge on any atom is 0.237 e. The first kappa shape index (κ1) is 21.0. The Bertz CT molecular complexity index is 564. The molecule has 0 bridgehead atoms. The highest BCUT2D eigenvalue weighted by Gasteiger charge is 2.24. The molecule has 2 aliphatic heterocycles. The number of halogens is 1. The molecule has 146 valence electrons. The van der Waals surface area contributed by atoms with Crippen LogP contribution in [0.2, 0.25) is 0 Å². The number of likely N-dealkylation sites (tertiary alicyclic amines) is 1. The van der Waals surface area contributed by atoms with Gasteiger partial charge in [-0.2, -0.15) is 0 Å². The average Bonchev–Trinajstić information content (AvgIpc) is 3.15. The van der Waals surface area contributed by atoms with Gasteiger partial charge in [0, 0.05) is 19.6 Å². The average molecular weight is 382 g/mol. The first-order chi connectivity index (χ1) is 12.2. The number of hydrogen-bond acceptors (Lipinski definition) is 4. The number of aryl methyl sites for hydroxylation is 1. The van der Waals surface area contributed by atoms with E-state index in [9.17, 15) is 4.79 Å². The van der Waals surface area contributed by atoms with Crippen molar-refractivity contribution in [2.45, 2.75) is 38.6 Å². The molecule has 2 fully saturated rings. The van der Waals surface area contributed by atoms with Gasteiger partial charge in [0.1, 0.15) is 12.4 Å². The minimum atomic E-state index is 0. The Labute approximate surface area is 163 Å². The molecule has 5 nitrogen and oxygen atoms in total. The van der Waals surface area contributed by atoms with Crippen LogP contribution in [-0.4, -0.2) is 56.2 Å². The predicted octanol–water partition coefficient (Wildman–Crippen LogP) is 2.38. The van der Waals surface area contributed by atoms with Gasteiger partial charge in [-0.25, -0.2) is 0 Å². The monoisotopic (exact) mass is 381 g/mol. The van der Waals surface area contributed by atoms with E-state index >= 15 is 0 Å². The highest BCUT2D eigenvalue weighted by Crippen LogP contribution is 2.17. The summed E-state index contributed by atoms with van der Waals surface area (Å²) in [5.74, 6) is 1.68. The lowest BCUT2D eigenvalue weighted by atomic mass is 9.98. The van der Waals surface area contributed by atoms with Crippen LogP contribution in [0.25, 0.3) is 0 Å². The number of rotatable bonds is 7. The molecule has 1 aromatic carbocycles. The summed E-state index contributed by atoms with van der Waals surface area (Å²) >= 11 is 0. The van der Waals surface area contributed by atoms with Gasteiger partial charge >= 0.3 is 0 Å². The lowest BCUT2D eigenvalue weighted by Crippen LogP contribution is -2.46. The molecular formula is C20H32ClN3O2. The molecule has 1 amide bonds. The van der Waals surface area contributed by atoms with Crippen molar-refractivity contribution in [3.8, 4) is 5.75 Å². The van der Waals surface area contributed by atoms with E-state index in [-0.39, 0.29) is 24.4 Å².